The number of hydrogen-bond donors (Lipinski definition) is 3. The van der Waals surface area contributed by atoms with Crippen LogP contribution in [-0.4, -0.2) is 22.3 Å². The third kappa shape index (κ3) is 1.56. The van der Waals surface area contributed by atoms with Crippen LogP contribution >= 0.6 is 0 Å². The molecule has 0 unspecified atom stereocenters. The molecular formula is C12H9BO4. The fraction of sp³-hybridized carbons (Fsp3) is 0. The third-order valence-corrected chi connectivity index (χ3v) is 2.78. The highest BCUT2D eigenvalue weighted by molar-refractivity contribution is 6.58. The Morgan fingerprint density at radius 2 is 1.53 bits per heavy atom. The largest absolute Gasteiger partial charge is 0.508 e. The number of hydrogen-bond acceptors (Lipinski definition) is 4. The van der Waals surface area contributed by atoms with Crippen LogP contribution in [0, 0.1) is 0 Å². The monoisotopic (exact) mass is 228 g/mol. The molecule has 3 aromatic rings. The number of phenolic OH excluding ortho intramolecular Hbond substituents is 1. The molecule has 5 heteroatoms. The zero-order chi connectivity index (χ0) is 12.0. The van der Waals surface area contributed by atoms with Crippen LogP contribution in [0.2, 0.25) is 0 Å². The first-order chi connectivity index (χ1) is 8.15. The molecule has 0 aliphatic carbocycles. The van der Waals surface area contributed by atoms with E-state index in [0.717, 1.165) is 10.8 Å². The Balaban J connectivity index is 2.35. The maximum atomic E-state index is 9.36. The molecule has 3 N–H and O–H groups in total. The van der Waals surface area contributed by atoms with Crippen molar-refractivity contribution in [1.29, 1.82) is 0 Å². The summed E-state index contributed by atoms with van der Waals surface area (Å²) in [6, 6.07) is 9.88. The molecule has 0 spiro atoms. The molecule has 3 rings (SSSR count). The highest BCUT2D eigenvalue weighted by atomic mass is 16.4. The van der Waals surface area contributed by atoms with Gasteiger partial charge >= 0.3 is 7.12 Å². The highest BCUT2D eigenvalue weighted by Crippen LogP contribution is 2.30. The third-order valence-electron chi connectivity index (χ3n) is 2.78. The number of phenols is 1. The van der Waals surface area contributed by atoms with Crippen molar-refractivity contribution in [1.82, 2.24) is 0 Å². The van der Waals surface area contributed by atoms with Gasteiger partial charge in [0, 0.05) is 16.8 Å². The van der Waals surface area contributed by atoms with Crippen molar-refractivity contribution < 1.29 is 19.6 Å². The molecule has 0 saturated heterocycles. The minimum absolute atomic E-state index is 0.138. The summed E-state index contributed by atoms with van der Waals surface area (Å²) in [5.41, 5.74) is 1.52. The normalized spacial score (nSPS) is 11.2. The summed E-state index contributed by atoms with van der Waals surface area (Å²) in [5, 5.41) is 29.3. The van der Waals surface area contributed by atoms with E-state index >= 15 is 0 Å². The first-order valence-electron chi connectivity index (χ1n) is 5.16. The lowest BCUT2D eigenvalue weighted by molar-refractivity contribution is 0.425. The fourth-order valence-corrected chi connectivity index (χ4v) is 1.94. The van der Waals surface area contributed by atoms with Gasteiger partial charge < -0.3 is 19.6 Å². The molecule has 4 nitrogen and oxygen atoms in total. The van der Waals surface area contributed by atoms with Gasteiger partial charge in [-0.1, -0.05) is 12.1 Å². The zero-order valence-electron chi connectivity index (χ0n) is 8.79. The molecule has 1 aromatic heterocycles. The van der Waals surface area contributed by atoms with E-state index in [0.29, 0.717) is 16.6 Å². The van der Waals surface area contributed by atoms with Crippen LogP contribution in [0.1, 0.15) is 0 Å². The van der Waals surface area contributed by atoms with Crippen LogP contribution in [0.3, 0.4) is 0 Å². The van der Waals surface area contributed by atoms with E-state index in [4.69, 9.17) is 14.5 Å². The second-order valence-corrected chi connectivity index (χ2v) is 3.91. The van der Waals surface area contributed by atoms with E-state index in [-0.39, 0.29) is 5.75 Å². The second-order valence-electron chi connectivity index (χ2n) is 3.91. The SMILES string of the molecule is OB(O)c1ccc2c(c1)oc1cc(O)ccc12. The molecule has 0 radical (unpaired) electrons. The van der Waals surface area contributed by atoms with Crippen molar-refractivity contribution >= 4 is 34.5 Å². The van der Waals surface area contributed by atoms with E-state index in [1.807, 2.05) is 0 Å². The van der Waals surface area contributed by atoms with Crippen molar-refractivity contribution in [2.45, 2.75) is 0 Å². The Labute approximate surface area is 96.9 Å². The Morgan fingerprint density at radius 3 is 2.24 bits per heavy atom. The van der Waals surface area contributed by atoms with Crippen LogP contribution < -0.4 is 5.46 Å². The summed E-state index contributed by atoms with van der Waals surface area (Å²) < 4.78 is 5.54. The molecule has 0 atom stereocenters. The summed E-state index contributed by atoms with van der Waals surface area (Å²) in [7, 11) is -1.51. The fourth-order valence-electron chi connectivity index (χ4n) is 1.94. The van der Waals surface area contributed by atoms with E-state index in [2.05, 4.69) is 0 Å². The molecule has 84 valence electrons. The summed E-state index contributed by atoms with van der Waals surface area (Å²) in [4.78, 5) is 0. The first kappa shape index (κ1) is 10.2. The van der Waals surface area contributed by atoms with Crippen molar-refractivity contribution in [3.63, 3.8) is 0 Å². The quantitative estimate of drug-likeness (QED) is 0.542. The number of rotatable bonds is 1. The van der Waals surface area contributed by atoms with Gasteiger partial charge in [-0.05, 0) is 23.7 Å². The molecule has 0 bridgehead atoms. The summed E-state index contributed by atoms with van der Waals surface area (Å²) >= 11 is 0. The highest BCUT2D eigenvalue weighted by Gasteiger charge is 2.14. The van der Waals surface area contributed by atoms with Gasteiger partial charge in [0.1, 0.15) is 16.9 Å². The van der Waals surface area contributed by atoms with Crippen molar-refractivity contribution in [3.8, 4) is 5.75 Å². The Bertz CT molecular complexity index is 702. The van der Waals surface area contributed by atoms with Gasteiger partial charge in [-0.25, -0.2) is 0 Å². The molecule has 0 aliphatic heterocycles. The molecule has 1 heterocycles. The molecule has 0 amide bonds. The van der Waals surface area contributed by atoms with Crippen molar-refractivity contribution in [2.75, 3.05) is 0 Å². The van der Waals surface area contributed by atoms with Crippen LogP contribution in [0.5, 0.6) is 5.75 Å². The minimum Gasteiger partial charge on any atom is -0.508 e. The van der Waals surface area contributed by atoms with E-state index < -0.39 is 7.12 Å². The van der Waals surface area contributed by atoms with Gasteiger partial charge in [-0.3, -0.25) is 0 Å². The van der Waals surface area contributed by atoms with Gasteiger partial charge in [0.15, 0.2) is 0 Å². The lowest BCUT2D eigenvalue weighted by Crippen LogP contribution is -2.29. The van der Waals surface area contributed by atoms with Crippen LogP contribution in [-0.2, 0) is 0 Å². The van der Waals surface area contributed by atoms with E-state index in [1.54, 1.807) is 30.3 Å². The van der Waals surface area contributed by atoms with Gasteiger partial charge in [-0.2, -0.15) is 0 Å². The smallest absolute Gasteiger partial charge is 0.488 e. The minimum atomic E-state index is -1.51. The number of benzene rings is 2. The predicted octanol–water partition coefficient (Wildman–Crippen LogP) is 0.971. The number of fused-ring (bicyclic) bond motifs is 3. The molecule has 0 aliphatic rings. The van der Waals surface area contributed by atoms with E-state index in [1.165, 1.54) is 6.07 Å². The average Bonchev–Trinajstić information content (AvgIpc) is 2.64. The Morgan fingerprint density at radius 1 is 0.882 bits per heavy atom. The topological polar surface area (TPSA) is 73.8 Å². The standard InChI is InChI=1S/C12H9BO4/c14-8-2-4-10-9-3-1-7(13(15)16)5-11(9)17-12(10)6-8/h1-6,14-16H. The summed E-state index contributed by atoms with van der Waals surface area (Å²) in [6.07, 6.45) is 0. The van der Waals surface area contributed by atoms with Gasteiger partial charge in [0.2, 0.25) is 0 Å². The molecule has 2 aromatic carbocycles. The average molecular weight is 228 g/mol. The van der Waals surface area contributed by atoms with Gasteiger partial charge in [-0.15, -0.1) is 0 Å². The zero-order valence-corrected chi connectivity index (χ0v) is 8.79. The maximum Gasteiger partial charge on any atom is 0.488 e. The van der Waals surface area contributed by atoms with Crippen molar-refractivity contribution in [2.24, 2.45) is 0 Å². The Hall–Kier alpha value is -1.98. The lowest BCUT2D eigenvalue weighted by atomic mass is 9.80. The predicted molar refractivity (Wildman–Crippen MR) is 65.2 cm³/mol. The number of aromatic hydroxyl groups is 1. The van der Waals surface area contributed by atoms with E-state index in [9.17, 15) is 5.11 Å². The number of furan rings is 1. The van der Waals surface area contributed by atoms with Crippen LogP contribution in [0.25, 0.3) is 21.9 Å². The van der Waals surface area contributed by atoms with Crippen molar-refractivity contribution in [3.05, 3.63) is 36.4 Å². The van der Waals surface area contributed by atoms with Crippen LogP contribution in [0.15, 0.2) is 40.8 Å². The summed E-state index contributed by atoms with van der Waals surface area (Å²) in [6.45, 7) is 0. The molecule has 17 heavy (non-hydrogen) atoms. The maximum absolute atomic E-state index is 9.36. The Kier molecular flexibility index (Phi) is 2.11. The second kappa shape index (κ2) is 3.51. The molecule has 0 fully saturated rings. The molecular weight excluding hydrogens is 219 g/mol. The first-order valence-corrected chi connectivity index (χ1v) is 5.16. The molecule has 0 saturated carbocycles. The van der Waals surface area contributed by atoms with Gasteiger partial charge in [0.05, 0.1) is 0 Å². The van der Waals surface area contributed by atoms with Gasteiger partial charge in [0.25, 0.3) is 0 Å². The lowest BCUT2D eigenvalue weighted by Gasteiger charge is -1.97. The summed E-state index contributed by atoms with van der Waals surface area (Å²) in [5.74, 6) is 0.138. The van der Waals surface area contributed by atoms with Crippen LogP contribution in [0.4, 0.5) is 0 Å².